The molecule has 0 radical (unpaired) electrons. The smallest absolute Gasteiger partial charge is 0.0546 e. The second-order valence-electron chi connectivity index (χ2n) is 13.7. The van der Waals surface area contributed by atoms with Crippen molar-refractivity contribution in [2.75, 3.05) is 4.90 Å². The molecule has 0 N–H and O–H groups in total. The number of hydrogen-bond donors (Lipinski definition) is 0. The first kappa shape index (κ1) is 30.8. The maximum absolute atomic E-state index is 2.47. The lowest BCUT2D eigenvalue weighted by Crippen LogP contribution is -2.12. The first-order valence-electron chi connectivity index (χ1n) is 18.3. The molecule has 53 heavy (non-hydrogen) atoms. The van der Waals surface area contributed by atoms with Gasteiger partial charge in [-0.3, -0.25) is 0 Å². The summed E-state index contributed by atoms with van der Waals surface area (Å²) in [4.78, 5) is 2.47. The lowest BCUT2D eigenvalue weighted by Gasteiger charge is -2.30. The summed E-state index contributed by atoms with van der Waals surface area (Å²) in [5.74, 6) is 0. The Kier molecular flexibility index (Phi) is 7.55. The molecular weight excluding hydrogens is 639 g/mol. The third-order valence-electron chi connectivity index (χ3n) is 10.6. The number of rotatable bonds is 6. The van der Waals surface area contributed by atoms with E-state index >= 15 is 0 Å². The monoisotopic (exact) mass is 673 g/mol. The van der Waals surface area contributed by atoms with Gasteiger partial charge in [0.05, 0.1) is 11.4 Å². The molecule has 0 saturated carbocycles. The third-order valence-corrected chi connectivity index (χ3v) is 10.6. The van der Waals surface area contributed by atoms with Gasteiger partial charge in [0.25, 0.3) is 0 Å². The Labute approximate surface area is 309 Å². The fraction of sp³-hybridized carbons (Fsp3) is 0. The van der Waals surface area contributed by atoms with Crippen molar-refractivity contribution in [2.45, 2.75) is 0 Å². The molecule has 0 heterocycles. The number of nitrogens with zero attached hydrogens (tertiary/aromatic N) is 1. The van der Waals surface area contributed by atoms with Gasteiger partial charge in [0, 0.05) is 16.6 Å². The fourth-order valence-electron chi connectivity index (χ4n) is 8.04. The summed E-state index contributed by atoms with van der Waals surface area (Å²) in [7, 11) is 0. The van der Waals surface area contributed by atoms with Crippen molar-refractivity contribution in [1.29, 1.82) is 0 Å². The van der Waals surface area contributed by atoms with Gasteiger partial charge in [-0.25, -0.2) is 0 Å². The number of benzene rings is 10. The fourth-order valence-corrected chi connectivity index (χ4v) is 8.04. The average Bonchev–Trinajstić information content (AvgIpc) is 3.24. The zero-order valence-corrected chi connectivity index (χ0v) is 29.2. The maximum Gasteiger partial charge on any atom is 0.0546 e. The molecule has 0 saturated heterocycles. The van der Waals surface area contributed by atoms with Gasteiger partial charge < -0.3 is 4.90 Å². The molecule has 0 aliphatic carbocycles. The highest BCUT2D eigenvalue weighted by atomic mass is 15.1. The van der Waals surface area contributed by atoms with Crippen LogP contribution in [0.15, 0.2) is 212 Å². The predicted molar refractivity (Wildman–Crippen MR) is 227 cm³/mol. The summed E-state index contributed by atoms with van der Waals surface area (Å²) < 4.78 is 0. The van der Waals surface area contributed by atoms with E-state index in [0.29, 0.717) is 0 Å². The minimum atomic E-state index is 1.10. The van der Waals surface area contributed by atoms with Crippen LogP contribution in [0.2, 0.25) is 0 Å². The van der Waals surface area contributed by atoms with Crippen molar-refractivity contribution < 1.29 is 0 Å². The maximum atomic E-state index is 2.47. The highest BCUT2D eigenvalue weighted by molar-refractivity contribution is 6.14. The summed E-state index contributed by atoms with van der Waals surface area (Å²) in [5, 5.41) is 9.92. The van der Waals surface area contributed by atoms with Crippen molar-refractivity contribution in [1.82, 2.24) is 0 Å². The molecule has 0 bridgehead atoms. The van der Waals surface area contributed by atoms with Crippen LogP contribution in [0.1, 0.15) is 0 Å². The van der Waals surface area contributed by atoms with Crippen LogP contribution < -0.4 is 4.90 Å². The number of anilines is 3. The van der Waals surface area contributed by atoms with E-state index in [1.54, 1.807) is 0 Å². The molecule has 10 rings (SSSR count). The van der Waals surface area contributed by atoms with E-state index in [0.717, 1.165) is 17.1 Å². The van der Waals surface area contributed by atoms with Crippen LogP contribution in [0.3, 0.4) is 0 Å². The van der Waals surface area contributed by atoms with Gasteiger partial charge in [0.2, 0.25) is 0 Å². The minimum Gasteiger partial charge on any atom is -0.309 e. The largest absolute Gasteiger partial charge is 0.309 e. The Hall–Kier alpha value is -6.96. The summed E-state index contributed by atoms with van der Waals surface area (Å²) in [6.07, 6.45) is 0. The van der Waals surface area contributed by atoms with Gasteiger partial charge in [-0.05, 0) is 102 Å². The Morgan fingerprint density at radius 3 is 1.70 bits per heavy atom. The van der Waals surface area contributed by atoms with E-state index in [2.05, 4.69) is 217 Å². The number of hydrogen-bond acceptors (Lipinski definition) is 1. The lowest BCUT2D eigenvalue weighted by atomic mass is 9.91. The molecule has 248 valence electrons. The lowest BCUT2D eigenvalue weighted by molar-refractivity contribution is 1.30. The van der Waals surface area contributed by atoms with E-state index < -0.39 is 0 Å². The Morgan fingerprint density at radius 2 is 0.849 bits per heavy atom. The summed E-state index contributed by atoms with van der Waals surface area (Å²) in [5.41, 5.74) is 10.5. The molecule has 0 spiro atoms. The highest BCUT2D eigenvalue weighted by Crippen LogP contribution is 2.47. The first-order valence-corrected chi connectivity index (χ1v) is 18.3. The van der Waals surface area contributed by atoms with Crippen molar-refractivity contribution in [3.05, 3.63) is 212 Å². The van der Waals surface area contributed by atoms with Crippen LogP contribution in [0.4, 0.5) is 17.1 Å². The third kappa shape index (κ3) is 5.51. The molecule has 0 aliphatic rings. The molecule has 10 aromatic rings. The molecule has 10 aromatic carbocycles. The molecular formula is C52H35N. The van der Waals surface area contributed by atoms with Gasteiger partial charge >= 0.3 is 0 Å². The molecule has 1 nitrogen and oxygen atoms in total. The summed E-state index contributed by atoms with van der Waals surface area (Å²) >= 11 is 0. The van der Waals surface area contributed by atoms with Gasteiger partial charge in [0.15, 0.2) is 0 Å². The van der Waals surface area contributed by atoms with Crippen molar-refractivity contribution >= 4 is 60.2 Å². The van der Waals surface area contributed by atoms with Crippen LogP contribution in [0.25, 0.3) is 76.5 Å². The minimum absolute atomic E-state index is 1.10. The van der Waals surface area contributed by atoms with Crippen molar-refractivity contribution in [3.63, 3.8) is 0 Å². The van der Waals surface area contributed by atoms with E-state index in [4.69, 9.17) is 0 Å². The van der Waals surface area contributed by atoms with Crippen LogP contribution in [-0.4, -0.2) is 0 Å². The van der Waals surface area contributed by atoms with Gasteiger partial charge in [-0.1, -0.05) is 176 Å². The SMILES string of the molecule is c1ccc(-c2ccc(-c3cc4ccccc4c4ccccc34)cc2N(c2cccc(-c3ccc4ccccc4c3)c2)c2cccc3ccccc23)cc1. The van der Waals surface area contributed by atoms with Crippen LogP contribution in [-0.2, 0) is 0 Å². The Bertz CT molecular complexity index is 2950. The zero-order chi connectivity index (χ0) is 35.1. The first-order chi connectivity index (χ1) is 26.3. The highest BCUT2D eigenvalue weighted by Gasteiger charge is 2.21. The molecule has 0 unspecified atom stereocenters. The van der Waals surface area contributed by atoms with E-state index in [1.165, 1.54) is 76.5 Å². The molecule has 1 heteroatoms. The van der Waals surface area contributed by atoms with Gasteiger partial charge in [0.1, 0.15) is 0 Å². The average molecular weight is 674 g/mol. The second-order valence-corrected chi connectivity index (χ2v) is 13.7. The standard InChI is InChI=1S/C52H35N/c1-2-15-37(16-3-1)47-31-30-43(50-34-42-19-7-8-23-45(42)48-25-10-11-26-49(48)50)35-52(47)53(51-27-13-20-38-17-6-9-24-46(38)51)44-22-12-21-40(33-44)41-29-28-36-14-4-5-18-39(36)32-41/h1-35H. The van der Waals surface area contributed by atoms with Crippen LogP contribution in [0, 0.1) is 0 Å². The molecule has 0 amide bonds. The topological polar surface area (TPSA) is 3.24 Å². The summed E-state index contributed by atoms with van der Waals surface area (Å²) in [6.45, 7) is 0. The number of fused-ring (bicyclic) bond motifs is 5. The van der Waals surface area contributed by atoms with Gasteiger partial charge in [-0.2, -0.15) is 0 Å². The molecule has 0 fully saturated rings. The Morgan fingerprint density at radius 1 is 0.245 bits per heavy atom. The summed E-state index contributed by atoms with van der Waals surface area (Å²) in [6, 6.07) is 77.5. The van der Waals surface area contributed by atoms with Crippen LogP contribution >= 0.6 is 0 Å². The predicted octanol–water partition coefficient (Wildman–Crippen LogP) is 14.8. The van der Waals surface area contributed by atoms with Crippen molar-refractivity contribution in [2.24, 2.45) is 0 Å². The van der Waals surface area contributed by atoms with Crippen LogP contribution in [0.5, 0.6) is 0 Å². The van der Waals surface area contributed by atoms with Gasteiger partial charge in [-0.15, -0.1) is 0 Å². The normalized spacial score (nSPS) is 11.4. The molecule has 0 aromatic heterocycles. The molecule has 0 aliphatic heterocycles. The quantitative estimate of drug-likeness (QED) is 0.159. The second kappa shape index (κ2) is 13.0. The van der Waals surface area contributed by atoms with E-state index in [1.807, 2.05) is 0 Å². The van der Waals surface area contributed by atoms with E-state index in [-0.39, 0.29) is 0 Å². The van der Waals surface area contributed by atoms with Crippen molar-refractivity contribution in [3.8, 4) is 33.4 Å². The van der Waals surface area contributed by atoms with E-state index in [9.17, 15) is 0 Å². The zero-order valence-electron chi connectivity index (χ0n) is 29.2. The molecule has 0 atom stereocenters. The Balaban J connectivity index is 1.26.